The number of nitrogens with zero attached hydrogens (tertiary/aromatic N) is 1. The zero-order chi connectivity index (χ0) is 23.5. The topological polar surface area (TPSA) is 97.0 Å². The van der Waals surface area contributed by atoms with E-state index in [4.69, 9.17) is 9.47 Å². The van der Waals surface area contributed by atoms with Gasteiger partial charge in [-0.1, -0.05) is 31.0 Å². The van der Waals surface area contributed by atoms with Crippen LogP contribution in [0.4, 0.5) is 5.69 Å². The summed E-state index contributed by atoms with van der Waals surface area (Å²) in [4.78, 5) is 39.2. The first-order valence-corrected chi connectivity index (χ1v) is 10.5. The third kappa shape index (κ3) is 7.30. The second-order valence-corrected chi connectivity index (χ2v) is 7.34. The summed E-state index contributed by atoms with van der Waals surface area (Å²) in [5.41, 5.74) is 2.08. The Kier molecular flexibility index (Phi) is 9.53. The molecule has 0 radical (unpaired) electrons. The summed E-state index contributed by atoms with van der Waals surface area (Å²) in [6.45, 7) is 4.03. The van der Waals surface area contributed by atoms with Crippen LogP contribution in [0.25, 0.3) is 0 Å². The van der Waals surface area contributed by atoms with Crippen LogP contribution >= 0.6 is 0 Å². The van der Waals surface area contributed by atoms with Crippen LogP contribution in [-0.2, 0) is 9.59 Å². The van der Waals surface area contributed by atoms with E-state index in [-0.39, 0.29) is 24.9 Å². The maximum absolute atomic E-state index is 13.1. The van der Waals surface area contributed by atoms with Gasteiger partial charge in [0, 0.05) is 18.3 Å². The van der Waals surface area contributed by atoms with Gasteiger partial charge in [0.2, 0.25) is 11.8 Å². The molecule has 0 aliphatic carbocycles. The van der Waals surface area contributed by atoms with Gasteiger partial charge in [0.1, 0.15) is 11.5 Å². The summed E-state index contributed by atoms with van der Waals surface area (Å²) in [6, 6.07) is 12.3. The number of carbonyl (C=O) groups is 3. The number of unbranched alkanes of at least 4 members (excludes halogenated alkanes) is 1. The molecule has 0 saturated heterocycles. The van der Waals surface area contributed by atoms with E-state index in [1.807, 2.05) is 26.0 Å². The molecule has 32 heavy (non-hydrogen) atoms. The van der Waals surface area contributed by atoms with Gasteiger partial charge in [-0.15, -0.1) is 0 Å². The van der Waals surface area contributed by atoms with Gasteiger partial charge in [-0.25, -0.2) is 0 Å². The molecule has 2 rings (SSSR count). The summed E-state index contributed by atoms with van der Waals surface area (Å²) >= 11 is 0. The minimum absolute atomic E-state index is 0.161. The Morgan fingerprint density at radius 2 is 1.69 bits per heavy atom. The van der Waals surface area contributed by atoms with Crippen molar-refractivity contribution >= 4 is 23.4 Å². The SMILES string of the molecule is CCCCN(CC(=O)NCC(=O)Nc1ccc(C)cc1)C(=O)c1ccc(OC)cc1OC. The zero-order valence-electron chi connectivity index (χ0n) is 19.1. The maximum Gasteiger partial charge on any atom is 0.258 e. The second-order valence-electron chi connectivity index (χ2n) is 7.34. The molecule has 0 aromatic heterocycles. The predicted octanol–water partition coefficient (Wildman–Crippen LogP) is 3.01. The molecule has 8 nitrogen and oxygen atoms in total. The van der Waals surface area contributed by atoms with E-state index in [9.17, 15) is 14.4 Å². The number of hydrogen-bond donors (Lipinski definition) is 2. The molecule has 2 aromatic rings. The zero-order valence-corrected chi connectivity index (χ0v) is 19.1. The first-order valence-electron chi connectivity index (χ1n) is 10.5. The molecule has 0 saturated carbocycles. The molecule has 2 aromatic carbocycles. The lowest BCUT2D eigenvalue weighted by Crippen LogP contribution is -2.43. The summed E-state index contributed by atoms with van der Waals surface area (Å²) in [5.74, 6) is -0.145. The second kappa shape index (κ2) is 12.3. The Bertz CT molecular complexity index is 928. The van der Waals surface area contributed by atoms with Crippen molar-refractivity contribution in [2.45, 2.75) is 26.7 Å². The fourth-order valence-electron chi connectivity index (χ4n) is 3.00. The molecule has 0 fully saturated rings. The van der Waals surface area contributed by atoms with Crippen molar-refractivity contribution < 1.29 is 23.9 Å². The molecule has 3 amide bonds. The molecule has 0 bridgehead atoms. The van der Waals surface area contributed by atoms with E-state index >= 15 is 0 Å². The van der Waals surface area contributed by atoms with E-state index in [1.54, 1.807) is 30.3 Å². The van der Waals surface area contributed by atoms with Crippen LogP contribution in [0.2, 0.25) is 0 Å². The lowest BCUT2D eigenvalue weighted by molar-refractivity contribution is -0.124. The third-order valence-electron chi connectivity index (χ3n) is 4.82. The van der Waals surface area contributed by atoms with Crippen molar-refractivity contribution in [2.24, 2.45) is 0 Å². The number of rotatable bonds is 11. The number of benzene rings is 2. The summed E-state index contributed by atoms with van der Waals surface area (Å²) in [6.07, 6.45) is 1.61. The van der Waals surface area contributed by atoms with Crippen LogP contribution in [0.15, 0.2) is 42.5 Å². The van der Waals surface area contributed by atoms with Crippen LogP contribution in [0, 0.1) is 6.92 Å². The molecule has 0 aliphatic rings. The Hall–Kier alpha value is -3.55. The van der Waals surface area contributed by atoms with E-state index in [0.29, 0.717) is 29.3 Å². The van der Waals surface area contributed by atoms with Crippen molar-refractivity contribution in [3.05, 3.63) is 53.6 Å². The minimum Gasteiger partial charge on any atom is -0.497 e. The molecular weight excluding hydrogens is 410 g/mol. The number of ether oxygens (including phenoxy) is 2. The molecule has 8 heteroatoms. The van der Waals surface area contributed by atoms with Gasteiger partial charge in [-0.3, -0.25) is 14.4 Å². The van der Waals surface area contributed by atoms with Gasteiger partial charge in [-0.05, 0) is 37.6 Å². The van der Waals surface area contributed by atoms with Gasteiger partial charge in [-0.2, -0.15) is 0 Å². The van der Waals surface area contributed by atoms with Crippen LogP contribution in [0.5, 0.6) is 11.5 Å². The Balaban J connectivity index is 2.00. The van der Waals surface area contributed by atoms with Gasteiger partial charge in [0.15, 0.2) is 0 Å². The number of carbonyl (C=O) groups excluding carboxylic acids is 3. The Labute approximate surface area is 188 Å². The van der Waals surface area contributed by atoms with E-state index in [1.165, 1.54) is 19.1 Å². The molecule has 0 aliphatic heterocycles. The summed E-state index contributed by atoms with van der Waals surface area (Å²) in [7, 11) is 3.00. The van der Waals surface area contributed by atoms with Crippen molar-refractivity contribution in [3.8, 4) is 11.5 Å². The Morgan fingerprint density at radius 3 is 2.31 bits per heavy atom. The van der Waals surface area contributed by atoms with Crippen molar-refractivity contribution in [1.82, 2.24) is 10.2 Å². The average Bonchev–Trinajstić information content (AvgIpc) is 2.81. The number of hydrogen-bond acceptors (Lipinski definition) is 5. The number of aryl methyl sites for hydroxylation is 1. The van der Waals surface area contributed by atoms with Crippen molar-refractivity contribution in [3.63, 3.8) is 0 Å². The molecular formula is C24H31N3O5. The van der Waals surface area contributed by atoms with Crippen LogP contribution in [0.1, 0.15) is 35.7 Å². The maximum atomic E-state index is 13.1. The summed E-state index contributed by atoms with van der Waals surface area (Å²) in [5, 5.41) is 5.30. The fourth-order valence-corrected chi connectivity index (χ4v) is 3.00. The highest BCUT2D eigenvalue weighted by molar-refractivity contribution is 6.00. The minimum atomic E-state index is -0.416. The largest absolute Gasteiger partial charge is 0.497 e. The van der Waals surface area contributed by atoms with Gasteiger partial charge in [0.05, 0.1) is 32.9 Å². The van der Waals surface area contributed by atoms with Crippen LogP contribution in [0.3, 0.4) is 0 Å². The molecule has 0 atom stereocenters. The number of amides is 3. The van der Waals surface area contributed by atoms with E-state index in [2.05, 4.69) is 10.6 Å². The lowest BCUT2D eigenvalue weighted by atomic mass is 10.1. The monoisotopic (exact) mass is 441 g/mol. The smallest absolute Gasteiger partial charge is 0.258 e. The summed E-state index contributed by atoms with van der Waals surface area (Å²) < 4.78 is 10.5. The number of methoxy groups -OCH3 is 2. The number of nitrogens with one attached hydrogen (secondary N) is 2. The fraction of sp³-hybridized carbons (Fsp3) is 0.375. The highest BCUT2D eigenvalue weighted by Crippen LogP contribution is 2.26. The predicted molar refractivity (Wildman–Crippen MR) is 123 cm³/mol. The van der Waals surface area contributed by atoms with Crippen LogP contribution < -0.4 is 20.1 Å². The van der Waals surface area contributed by atoms with Crippen molar-refractivity contribution in [1.29, 1.82) is 0 Å². The highest BCUT2D eigenvalue weighted by Gasteiger charge is 2.22. The number of anilines is 1. The normalized spacial score (nSPS) is 10.2. The van der Waals surface area contributed by atoms with Crippen molar-refractivity contribution in [2.75, 3.05) is 39.2 Å². The van der Waals surface area contributed by atoms with Gasteiger partial charge < -0.3 is 25.0 Å². The van der Waals surface area contributed by atoms with E-state index < -0.39 is 5.91 Å². The van der Waals surface area contributed by atoms with Gasteiger partial charge in [0.25, 0.3) is 5.91 Å². The van der Waals surface area contributed by atoms with E-state index in [0.717, 1.165) is 18.4 Å². The molecule has 0 heterocycles. The third-order valence-corrected chi connectivity index (χ3v) is 4.82. The van der Waals surface area contributed by atoms with Gasteiger partial charge >= 0.3 is 0 Å². The molecule has 0 spiro atoms. The molecule has 172 valence electrons. The molecule has 2 N–H and O–H groups in total. The first kappa shape index (κ1) is 24.7. The highest BCUT2D eigenvalue weighted by atomic mass is 16.5. The Morgan fingerprint density at radius 1 is 0.969 bits per heavy atom. The molecule has 0 unspecified atom stereocenters. The quantitative estimate of drug-likeness (QED) is 0.559. The first-order chi connectivity index (χ1) is 15.4. The standard InChI is InChI=1S/C24H31N3O5/c1-5-6-13-27(24(30)20-12-11-19(31-3)14-21(20)32-4)16-23(29)25-15-22(28)26-18-9-7-17(2)8-10-18/h7-12,14H,5-6,13,15-16H2,1-4H3,(H,25,29)(H,26,28). The van der Waals surface area contributed by atoms with Crippen LogP contribution in [-0.4, -0.2) is 56.5 Å². The average molecular weight is 442 g/mol. The lowest BCUT2D eigenvalue weighted by Gasteiger charge is -2.23.